The van der Waals surface area contributed by atoms with Crippen LogP contribution in [-0.4, -0.2) is 15.1 Å². The van der Waals surface area contributed by atoms with Crippen molar-refractivity contribution in [2.45, 2.75) is 19.9 Å². The monoisotopic (exact) mass is 370 g/mol. The molecule has 7 heteroatoms. The van der Waals surface area contributed by atoms with Crippen molar-refractivity contribution in [3.63, 3.8) is 0 Å². The predicted octanol–water partition coefficient (Wildman–Crippen LogP) is 5.17. The fraction of sp³-hybridized carbons (Fsp3) is 0.167. The van der Waals surface area contributed by atoms with E-state index in [2.05, 4.69) is 33.4 Å². The van der Waals surface area contributed by atoms with E-state index in [1.807, 2.05) is 30.3 Å². The van der Waals surface area contributed by atoms with E-state index in [1.54, 1.807) is 17.7 Å². The average molecular weight is 371 g/mol. The summed E-state index contributed by atoms with van der Waals surface area (Å²) in [6, 6.07) is 11.6. The molecule has 0 radical (unpaired) electrons. The summed E-state index contributed by atoms with van der Waals surface area (Å²) in [6.07, 6.45) is 2.58. The molecule has 1 aromatic carbocycles. The van der Waals surface area contributed by atoms with Crippen LogP contribution in [0.5, 0.6) is 0 Å². The zero-order chi connectivity index (χ0) is 17.2. The second-order valence-corrected chi connectivity index (χ2v) is 7.10. The summed E-state index contributed by atoms with van der Waals surface area (Å²) in [5.41, 5.74) is 1.75. The van der Waals surface area contributed by atoms with Crippen LogP contribution in [0.4, 0.5) is 5.82 Å². The number of nitrogens with one attached hydrogen (secondary N) is 1. The SMILES string of the molecule is CCc1cc2c(NCc3cc(-c4ccc(Cl)cc4)no3)ncnc2s1. The number of thiophene rings is 1. The molecular formula is C18H15ClN4OS. The minimum absolute atomic E-state index is 0.504. The standard InChI is InChI=1S/C18H15ClN4OS/c1-2-14-8-15-17(21-10-22-18(15)25-14)20-9-13-7-16(23-24-13)11-3-5-12(19)6-4-11/h3-8,10H,2,9H2,1H3,(H,20,21,22). The van der Waals surface area contributed by atoms with E-state index >= 15 is 0 Å². The lowest BCUT2D eigenvalue weighted by Crippen LogP contribution is -2.00. The summed E-state index contributed by atoms with van der Waals surface area (Å²) in [6.45, 7) is 2.64. The number of halogens is 1. The molecule has 0 bridgehead atoms. The van der Waals surface area contributed by atoms with E-state index < -0.39 is 0 Å². The number of fused-ring (bicyclic) bond motifs is 1. The fourth-order valence-electron chi connectivity index (χ4n) is 2.54. The van der Waals surface area contributed by atoms with E-state index in [-0.39, 0.29) is 0 Å². The normalized spacial score (nSPS) is 11.1. The minimum atomic E-state index is 0.504. The molecule has 0 atom stereocenters. The highest BCUT2D eigenvalue weighted by Crippen LogP contribution is 2.29. The Bertz CT molecular complexity index is 1010. The first-order chi connectivity index (χ1) is 12.2. The van der Waals surface area contributed by atoms with Gasteiger partial charge in [0.15, 0.2) is 5.76 Å². The third kappa shape index (κ3) is 3.36. The summed E-state index contributed by atoms with van der Waals surface area (Å²) in [5.74, 6) is 1.55. The molecule has 4 rings (SSSR count). The lowest BCUT2D eigenvalue weighted by molar-refractivity contribution is 0.390. The molecule has 3 heterocycles. The van der Waals surface area contributed by atoms with Crippen molar-refractivity contribution in [3.8, 4) is 11.3 Å². The van der Waals surface area contributed by atoms with E-state index in [0.717, 1.165) is 39.5 Å². The van der Waals surface area contributed by atoms with Crippen LogP contribution < -0.4 is 5.32 Å². The fourth-order valence-corrected chi connectivity index (χ4v) is 3.61. The molecule has 0 spiro atoms. The molecule has 0 aliphatic heterocycles. The van der Waals surface area contributed by atoms with Crippen LogP contribution in [0.2, 0.25) is 5.02 Å². The second kappa shape index (κ2) is 6.82. The third-order valence-corrected chi connectivity index (χ3v) is 5.30. The highest BCUT2D eigenvalue weighted by atomic mass is 35.5. The van der Waals surface area contributed by atoms with Gasteiger partial charge in [0.1, 0.15) is 22.7 Å². The smallest absolute Gasteiger partial charge is 0.156 e. The Balaban J connectivity index is 1.52. The highest BCUT2D eigenvalue weighted by Gasteiger charge is 2.10. The Labute approximate surface area is 153 Å². The van der Waals surface area contributed by atoms with Gasteiger partial charge in [-0.15, -0.1) is 11.3 Å². The van der Waals surface area contributed by atoms with Gasteiger partial charge in [-0.1, -0.05) is 35.8 Å². The van der Waals surface area contributed by atoms with Crippen LogP contribution in [-0.2, 0) is 13.0 Å². The van der Waals surface area contributed by atoms with Gasteiger partial charge in [0.05, 0.1) is 11.9 Å². The molecule has 0 fully saturated rings. The van der Waals surface area contributed by atoms with Crippen LogP contribution in [0.15, 0.2) is 47.2 Å². The Morgan fingerprint density at radius 1 is 1.16 bits per heavy atom. The van der Waals surface area contributed by atoms with Crippen molar-refractivity contribution in [2.24, 2.45) is 0 Å². The van der Waals surface area contributed by atoms with Gasteiger partial charge in [-0.3, -0.25) is 0 Å². The van der Waals surface area contributed by atoms with Crippen LogP contribution in [0.1, 0.15) is 17.6 Å². The number of hydrogen-bond donors (Lipinski definition) is 1. The van der Waals surface area contributed by atoms with Gasteiger partial charge in [0.25, 0.3) is 0 Å². The van der Waals surface area contributed by atoms with Gasteiger partial charge >= 0.3 is 0 Å². The maximum atomic E-state index is 5.92. The van der Waals surface area contributed by atoms with Gasteiger partial charge in [0, 0.05) is 21.5 Å². The molecule has 0 saturated heterocycles. The molecule has 25 heavy (non-hydrogen) atoms. The Kier molecular flexibility index (Phi) is 4.38. The summed E-state index contributed by atoms with van der Waals surface area (Å²) in [7, 11) is 0. The largest absolute Gasteiger partial charge is 0.362 e. The zero-order valence-corrected chi connectivity index (χ0v) is 15.1. The maximum absolute atomic E-state index is 5.92. The lowest BCUT2D eigenvalue weighted by atomic mass is 10.1. The Hall–Kier alpha value is -2.44. The number of nitrogens with zero attached hydrogens (tertiary/aromatic N) is 3. The van der Waals surface area contributed by atoms with E-state index in [1.165, 1.54) is 4.88 Å². The Morgan fingerprint density at radius 2 is 2.00 bits per heavy atom. The average Bonchev–Trinajstić information content (AvgIpc) is 3.27. The predicted molar refractivity (Wildman–Crippen MR) is 101 cm³/mol. The van der Waals surface area contributed by atoms with Crippen LogP contribution in [0.25, 0.3) is 21.5 Å². The lowest BCUT2D eigenvalue weighted by Gasteiger charge is -2.03. The number of rotatable bonds is 5. The molecule has 0 unspecified atom stereocenters. The Morgan fingerprint density at radius 3 is 2.80 bits per heavy atom. The molecule has 1 N–H and O–H groups in total. The molecule has 126 valence electrons. The number of hydrogen-bond acceptors (Lipinski definition) is 6. The molecule has 0 amide bonds. The van der Waals surface area contributed by atoms with Crippen LogP contribution in [0, 0.1) is 0 Å². The van der Waals surface area contributed by atoms with Gasteiger partial charge in [-0.05, 0) is 24.6 Å². The molecule has 0 aliphatic rings. The van der Waals surface area contributed by atoms with E-state index in [9.17, 15) is 0 Å². The number of aromatic nitrogens is 3. The van der Waals surface area contributed by atoms with Crippen molar-refractivity contribution in [3.05, 3.63) is 58.4 Å². The van der Waals surface area contributed by atoms with Crippen molar-refractivity contribution in [1.82, 2.24) is 15.1 Å². The topological polar surface area (TPSA) is 63.8 Å². The van der Waals surface area contributed by atoms with E-state index in [4.69, 9.17) is 16.1 Å². The first-order valence-electron chi connectivity index (χ1n) is 7.91. The summed E-state index contributed by atoms with van der Waals surface area (Å²) in [5, 5.41) is 9.18. The molecular weight excluding hydrogens is 356 g/mol. The second-order valence-electron chi connectivity index (χ2n) is 5.55. The molecule has 4 aromatic rings. The van der Waals surface area contributed by atoms with Crippen LogP contribution >= 0.6 is 22.9 Å². The first-order valence-corrected chi connectivity index (χ1v) is 9.11. The molecule has 0 aliphatic carbocycles. The highest BCUT2D eigenvalue weighted by molar-refractivity contribution is 7.18. The number of aryl methyl sites for hydroxylation is 1. The van der Waals surface area contributed by atoms with Crippen LogP contribution in [0.3, 0.4) is 0 Å². The van der Waals surface area contributed by atoms with Crippen molar-refractivity contribution in [1.29, 1.82) is 0 Å². The minimum Gasteiger partial charge on any atom is -0.362 e. The number of anilines is 1. The zero-order valence-electron chi connectivity index (χ0n) is 13.5. The summed E-state index contributed by atoms with van der Waals surface area (Å²) >= 11 is 7.61. The van der Waals surface area contributed by atoms with Gasteiger partial charge in [-0.25, -0.2) is 9.97 Å². The maximum Gasteiger partial charge on any atom is 0.156 e. The molecule has 0 saturated carbocycles. The van der Waals surface area contributed by atoms with Crippen molar-refractivity contribution < 1.29 is 4.52 Å². The van der Waals surface area contributed by atoms with E-state index in [0.29, 0.717) is 11.6 Å². The first kappa shape index (κ1) is 16.1. The third-order valence-electron chi connectivity index (χ3n) is 3.86. The van der Waals surface area contributed by atoms with Gasteiger partial charge in [-0.2, -0.15) is 0 Å². The molecule has 5 nitrogen and oxygen atoms in total. The van der Waals surface area contributed by atoms with Crippen molar-refractivity contribution >= 4 is 39.0 Å². The summed E-state index contributed by atoms with van der Waals surface area (Å²) < 4.78 is 5.42. The molecule has 3 aromatic heterocycles. The van der Waals surface area contributed by atoms with Gasteiger partial charge < -0.3 is 9.84 Å². The quantitative estimate of drug-likeness (QED) is 0.524. The summed E-state index contributed by atoms with van der Waals surface area (Å²) in [4.78, 5) is 11.0. The van der Waals surface area contributed by atoms with Gasteiger partial charge in [0.2, 0.25) is 0 Å². The number of benzene rings is 1. The van der Waals surface area contributed by atoms with Crippen molar-refractivity contribution in [2.75, 3.05) is 5.32 Å².